The van der Waals surface area contributed by atoms with Gasteiger partial charge in [0.15, 0.2) is 5.78 Å². The highest BCUT2D eigenvalue weighted by molar-refractivity contribution is 5.98. The fourth-order valence-electron chi connectivity index (χ4n) is 2.63. The fraction of sp³-hybridized carbons (Fsp3) is 0.533. The van der Waals surface area contributed by atoms with E-state index in [4.69, 9.17) is 0 Å². The molecule has 1 fully saturated rings. The highest BCUT2D eigenvalue weighted by Crippen LogP contribution is 2.17. The zero-order valence-electron chi connectivity index (χ0n) is 11.9. The number of likely N-dealkylation sites (tertiary alicyclic amines) is 1. The average molecular weight is 282 g/mol. The van der Waals surface area contributed by atoms with Crippen LogP contribution in [0.2, 0.25) is 0 Å². The Bertz CT molecular complexity index is 465. The third kappa shape index (κ3) is 3.41. The van der Waals surface area contributed by atoms with Crippen molar-refractivity contribution in [2.24, 2.45) is 0 Å². The maximum atomic E-state index is 13.6. The molecular formula is C15H20F2N2O. The molecule has 2 rings (SSSR count). The maximum absolute atomic E-state index is 13.6. The summed E-state index contributed by atoms with van der Waals surface area (Å²) < 4.78 is 27.1. The Kier molecular flexibility index (Phi) is 4.83. The SMILES string of the molecule is CN1CCC(N(C)CC(=O)c2c(F)cccc2F)CC1. The molecule has 0 amide bonds. The standard InChI is InChI=1S/C15H20F2N2O/c1-18-8-6-11(7-9-18)19(2)10-14(20)15-12(16)4-3-5-13(15)17/h3-5,11H,6-10H2,1-2H3. The van der Waals surface area contributed by atoms with Gasteiger partial charge in [-0.1, -0.05) is 6.07 Å². The highest BCUT2D eigenvalue weighted by Gasteiger charge is 2.24. The Balaban J connectivity index is 2.01. The molecule has 0 unspecified atom stereocenters. The minimum atomic E-state index is -0.785. The third-order valence-electron chi connectivity index (χ3n) is 3.95. The summed E-state index contributed by atoms with van der Waals surface area (Å²) in [6, 6.07) is 3.80. The van der Waals surface area contributed by atoms with Crippen molar-refractivity contribution in [2.45, 2.75) is 18.9 Å². The number of Topliss-reactive ketones (excluding diaryl/α,β-unsaturated/α-hetero) is 1. The summed E-state index contributed by atoms with van der Waals surface area (Å²) in [5.41, 5.74) is -0.424. The van der Waals surface area contributed by atoms with Crippen LogP contribution in [-0.4, -0.2) is 55.4 Å². The van der Waals surface area contributed by atoms with Crippen LogP contribution in [0.3, 0.4) is 0 Å². The Morgan fingerprint density at radius 2 is 1.85 bits per heavy atom. The number of piperidine rings is 1. The van der Waals surface area contributed by atoms with Gasteiger partial charge in [-0.15, -0.1) is 0 Å². The second-order valence-electron chi connectivity index (χ2n) is 5.47. The largest absolute Gasteiger partial charge is 0.306 e. The first-order valence-electron chi connectivity index (χ1n) is 6.85. The molecule has 0 N–H and O–H groups in total. The van der Waals surface area contributed by atoms with E-state index in [1.807, 2.05) is 11.9 Å². The van der Waals surface area contributed by atoms with Crippen LogP contribution in [0.15, 0.2) is 18.2 Å². The van der Waals surface area contributed by atoms with Gasteiger partial charge in [-0.2, -0.15) is 0 Å². The molecule has 0 spiro atoms. The molecule has 0 atom stereocenters. The van der Waals surface area contributed by atoms with Gasteiger partial charge in [0, 0.05) is 6.04 Å². The van der Waals surface area contributed by atoms with Crippen LogP contribution < -0.4 is 0 Å². The molecule has 1 aliphatic rings. The summed E-state index contributed by atoms with van der Waals surface area (Å²) in [6.45, 7) is 2.01. The van der Waals surface area contributed by atoms with Crippen LogP contribution >= 0.6 is 0 Å². The van der Waals surface area contributed by atoms with Gasteiger partial charge in [0.05, 0.1) is 12.1 Å². The number of nitrogens with zero attached hydrogens (tertiary/aromatic N) is 2. The predicted molar refractivity (Wildman–Crippen MR) is 73.8 cm³/mol. The van der Waals surface area contributed by atoms with E-state index in [0.717, 1.165) is 38.1 Å². The monoisotopic (exact) mass is 282 g/mol. The third-order valence-corrected chi connectivity index (χ3v) is 3.95. The van der Waals surface area contributed by atoms with E-state index in [0.29, 0.717) is 6.04 Å². The van der Waals surface area contributed by atoms with E-state index < -0.39 is 23.0 Å². The average Bonchev–Trinajstić information content (AvgIpc) is 2.39. The zero-order valence-corrected chi connectivity index (χ0v) is 11.9. The molecule has 0 bridgehead atoms. The molecule has 1 aromatic rings. The van der Waals surface area contributed by atoms with Crippen molar-refractivity contribution in [1.82, 2.24) is 9.80 Å². The van der Waals surface area contributed by atoms with Crippen molar-refractivity contribution in [3.8, 4) is 0 Å². The van der Waals surface area contributed by atoms with Crippen LogP contribution in [0.5, 0.6) is 0 Å². The lowest BCUT2D eigenvalue weighted by molar-refractivity contribution is 0.0863. The lowest BCUT2D eigenvalue weighted by Gasteiger charge is -2.34. The molecule has 1 aliphatic heterocycles. The minimum absolute atomic E-state index is 0.0479. The van der Waals surface area contributed by atoms with Crippen molar-refractivity contribution in [2.75, 3.05) is 33.7 Å². The van der Waals surface area contributed by atoms with E-state index in [-0.39, 0.29) is 6.54 Å². The predicted octanol–water partition coefficient (Wildman–Crippen LogP) is 2.17. The molecule has 5 heteroatoms. The molecule has 1 aromatic carbocycles. The number of ketones is 1. The molecular weight excluding hydrogens is 262 g/mol. The van der Waals surface area contributed by atoms with Gasteiger partial charge < -0.3 is 4.90 Å². The Morgan fingerprint density at radius 3 is 2.40 bits per heavy atom. The van der Waals surface area contributed by atoms with Gasteiger partial charge >= 0.3 is 0 Å². The molecule has 110 valence electrons. The minimum Gasteiger partial charge on any atom is -0.306 e. The number of rotatable bonds is 4. The highest BCUT2D eigenvalue weighted by atomic mass is 19.1. The Labute approximate surface area is 118 Å². The first-order chi connectivity index (χ1) is 9.49. The van der Waals surface area contributed by atoms with Crippen molar-refractivity contribution in [3.63, 3.8) is 0 Å². The van der Waals surface area contributed by atoms with Gasteiger partial charge in [0.1, 0.15) is 11.6 Å². The number of carbonyl (C=O) groups is 1. The second kappa shape index (κ2) is 6.41. The molecule has 20 heavy (non-hydrogen) atoms. The molecule has 0 aliphatic carbocycles. The van der Waals surface area contributed by atoms with E-state index in [1.54, 1.807) is 0 Å². The molecule has 0 aromatic heterocycles. The van der Waals surface area contributed by atoms with Crippen LogP contribution in [0.4, 0.5) is 8.78 Å². The number of likely N-dealkylation sites (N-methyl/N-ethyl adjacent to an activating group) is 1. The number of benzene rings is 1. The lowest BCUT2D eigenvalue weighted by atomic mass is 10.0. The first kappa shape index (κ1) is 15.1. The summed E-state index contributed by atoms with van der Waals surface area (Å²) in [5.74, 6) is -2.07. The number of hydrogen-bond acceptors (Lipinski definition) is 3. The number of halogens is 2. The summed E-state index contributed by atoms with van der Waals surface area (Å²) in [4.78, 5) is 16.2. The maximum Gasteiger partial charge on any atom is 0.182 e. The summed E-state index contributed by atoms with van der Waals surface area (Å²) in [6.07, 6.45) is 1.94. The van der Waals surface area contributed by atoms with Crippen LogP contribution in [0.25, 0.3) is 0 Å². The topological polar surface area (TPSA) is 23.6 Å². The van der Waals surface area contributed by atoms with E-state index >= 15 is 0 Å². The smallest absolute Gasteiger partial charge is 0.182 e. The number of hydrogen-bond donors (Lipinski definition) is 0. The van der Waals surface area contributed by atoms with Crippen LogP contribution in [0.1, 0.15) is 23.2 Å². The zero-order chi connectivity index (χ0) is 14.7. The second-order valence-corrected chi connectivity index (χ2v) is 5.47. The Hall–Kier alpha value is -1.33. The van der Waals surface area contributed by atoms with Gasteiger partial charge in [-0.05, 0) is 52.2 Å². The molecule has 3 nitrogen and oxygen atoms in total. The van der Waals surface area contributed by atoms with Crippen molar-refractivity contribution in [3.05, 3.63) is 35.4 Å². The van der Waals surface area contributed by atoms with Crippen molar-refractivity contribution in [1.29, 1.82) is 0 Å². The summed E-state index contributed by atoms with van der Waals surface area (Å²) in [7, 11) is 3.91. The molecule has 0 saturated carbocycles. The first-order valence-corrected chi connectivity index (χ1v) is 6.85. The van der Waals surface area contributed by atoms with Crippen molar-refractivity contribution >= 4 is 5.78 Å². The van der Waals surface area contributed by atoms with Crippen LogP contribution in [-0.2, 0) is 0 Å². The van der Waals surface area contributed by atoms with Crippen LogP contribution in [0, 0.1) is 11.6 Å². The van der Waals surface area contributed by atoms with E-state index in [2.05, 4.69) is 11.9 Å². The van der Waals surface area contributed by atoms with Gasteiger partial charge in [-0.25, -0.2) is 8.78 Å². The summed E-state index contributed by atoms with van der Waals surface area (Å²) >= 11 is 0. The van der Waals surface area contributed by atoms with E-state index in [9.17, 15) is 13.6 Å². The quantitative estimate of drug-likeness (QED) is 0.791. The van der Waals surface area contributed by atoms with Gasteiger partial charge in [0.25, 0.3) is 0 Å². The molecule has 1 saturated heterocycles. The normalized spacial score (nSPS) is 17.6. The summed E-state index contributed by atoms with van der Waals surface area (Å²) in [5, 5.41) is 0. The molecule has 0 radical (unpaired) electrons. The van der Waals surface area contributed by atoms with Gasteiger partial charge in [0.2, 0.25) is 0 Å². The van der Waals surface area contributed by atoms with Gasteiger partial charge in [-0.3, -0.25) is 9.69 Å². The van der Waals surface area contributed by atoms with Crippen molar-refractivity contribution < 1.29 is 13.6 Å². The molecule has 1 heterocycles. The Morgan fingerprint density at radius 1 is 1.30 bits per heavy atom. The number of carbonyl (C=O) groups excluding carboxylic acids is 1. The van der Waals surface area contributed by atoms with E-state index in [1.165, 1.54) is 6.07 Å². The fourth-order valence-corrected chi connectivity index (χ4v) is 2.63. The lowest BCUT2D eigenvalue weighted by Crippen LogP contribution is -2.43.